The average Bonchev–Trinajstić information content (AvgIpc) is 2.99. The van der Waals surface area contributed by atoms with E-state index in [4.69, 9.17) is 10.00 Å². The number of ether oxygens (including phenoxy) is 1. The number of fused-ring (bicyclic) bond motifs is 1. The van der Waals surface area contributed by atoms with E-state index in [1.807, 2.05) is 13.8 Å². The normalized spacial score (nSPS) is 17.9. The van der Waals surface area contributed by atoms with Gasteiger partial charge in [-0.25, -0.2) is 8.78 Å². The summed E-state index contributed by atoms with van der Waals surface area (Å²) in [6, 6.07) is 7.16. The Labute approximate surface area is 166 Å². The number of halogens is 2. The van der Waals surface area contributed by atoms with Gasteiger partial charge in [0.25, 0.3) is 11.8 Å². The molecule has 2 aromatic rings. The topological polar surface area (TPSA) is 95.3 Å². The standard InChI is InChI=1S/C20H20F2N4O3/c1-12(2)29-14-3-4-17-16(7-14)15(5-6-24-17)19(28)25-10-18(27)26-11-20(21,22)8-13(26)9-23/h3-7,12-13H,8,10-11H2,1-2H3,(H,25,28)/t13-/m0/s1. The number of aromatic nitrogens is 1. The molecular formula is C20H20F2N4O3. The van der Waals surface area contributed by atoms with Crippen LogP contribution in [0.2, 0.25) is 0 Å². The summed E-state index contributed by atoms with van der Waals surface area (Å²) in [6.45, 7) is 2.44. The molecule has 2 heterocycles. The van der Waals surface area contributed by atoms with Gasteiger partial charge in [-0.3, -0.25) is 14.6 Å². The Morgan fingerprint density at radius 3 is 2.86 bits per heavy atom. The molecule has 0 radical (unpaired) electrons. The molecule has 9 heteroatoms. The van der Waals surface area contributed by atoms with Crippen molar-refractivity contribution < 1.29 is 23.1 Å². The van der Waals surface area contributed by atoms with Crippen LogP contribution in [-0.2, 0) is 4.79 Å². The molecule has 1 aromatic heterocycles. The minimum atomic E-state index is -3.10. The molecule has 1 aliphatic heterocycles. The first-order chi connectivity index (χ1) is 13.7. The highest BCUT2D eigenvalue weighted by molar-refractivity contribution is 6.07. The Balaban J connectivity index is 1.75. The van der Waals surface area contributed by atoms with Gasteiger partial charge in [0.15, 0.2) is 0 Å². The minimum Gasteiger partial charge on any atom is -0.491 e. The lowest BCUT2D eigenvalue weighted by Gasteiger charge is -2.19. The molecule has 152 valence electrons. The van der Waals surface area contributed by atoms with Gasteiger partial charge < -0.3 is 15.0 Å². The second-order valence-electron chi connectivity index (χ2n) is 7.11. The summed E-state index contributed by atoms with van der Waals surface area (Å²) in [6.07, 6.45) is 0.719. The van der Waals surface area contributed by atoms with Crippen LogP contribution in [0.15, 0.2) is 30.5 Å². The van der Waals surface area contributed by atoms with Crippen molar-refractivity contribution in [1.82, 2.24) is 15.2 Å². The van der Waals surface area contributed by atoms with E-state index in [1.54, 1.807) is 24.3 Å². The summed E-state index contributed by atoms with van der Waals surface area (Å²) in [5.74, 6) is -3.81. The Bertz CT molecular complexity index is 987. The molecule has 0 unspecified atom stereocenters. The van der Waals surface area contributed by atoms with Crippen molar-refractivity contribution in [3.05, 3.63) is 36.0 Å². The number of nitrogens with one attached hydrogen (secondary N) is 1. The van der Waals surface area contributed by atoms with E-state index in [9.17, 15) is 18.4 Å². The molecular weight excluding hydrogens is 382 g/mol. The van der Waals surface area contributed by atoms with Crippen molar-refractivity contribution in [2.45, 2.75) is 38.3 Å². The molecule has 0 aliphatic carbocycles. The fourth-order valence-corrected chi connectivity index (χ4v) is 3.22. The summed E-state index contributed by atoms with van der Waals surface area (Å²) in [4.78, 5) is 29.9. The Morgan fingerprint density at radius 1 is 1.41 bits per heavy atom. The van der Waals surface area contributed by atoms with Gasteiger partial charge in [0.2, 0.25) is 5.91 Å². The van der Waals surface area contributed by atoms with Crippen LogP contribution in [0.5, 0.6) is 5.75 Å². The molecule has 1 aliphatic rings. The molecule has 1 N–H and O–H groups in total. The van der Waals surface area contributed by atoms with Gasteiger partial charge in [0.1, 0.15) is 11.8 Å². The second-order valence-corrected chi connectivity index (χ2v) is 7.11. The molecule has 7 nitrogen and oxygen atoms in total. The van der Waals surface area contributed by atoms with Crippen molar-refractivity contribution in [3.63, 3.8) is 0 Å². The third-order valence-electron chi connectivity index (χ3n) is 4.47. The predicted octanol–water partition coefficient (Wildman–Crippen LogP) is 2.51. The molecule has 0 spiro atoms. The maximum Gasteiger partial charge on any atom is 0.268 e. The van der Waals surface area contributed by atoms with Crippen LogP contribution in [-0.4, -0.2) is 52.9 Å². The molecule has 2 amide bonds. The largest absolute Gasteiger partial charge is 0.491 e. The highest BCUT2D eigenvalue weighted by atomic mass is 19.3. The van der Waals surface area contributed by atoms with E-state index in [1.165, 1.54) is 12.3 Å². The number of nitriles is 1. The zero-order valence-corrected chi connectivity index (χ0v) is 16.0. The number of hydrogen-bond acceptors (Lipinski definition) is 5. The lowest BCUT2D eigenvalue weighted by molar-refractivity contribution is -0.131. The molecule has 1 atom stereocenters. The highest BCUT2D eigenvalue weighted by Crippen LogP contribution is 2.31. The van der Waals surface area contributed by atoms with E-state index in [0.29, 0.717) is 16.7 Å². The van der Waals surface area contributed by atoms with Gasteiger partial charge in [0, 0.05) is 18.0 Å². The van der Waals surface area contributed by atoms with Gasteiger partial charge in [-0.15, -0.1) is 0 Å². The molecule has 3 rings (SSSR count). The van der Waals surface area contributed by atoms with Gasteiger partial charge >= 0.3 is 0 Å². The summed E-state index contributed by atoms with van der Waals surface area (Å²) < 4.78 is 32.7. The van der Waals surface area contributed by atoms with E-state index < -0.39 is 43.3 Å². The quantitative estimate of drug-likeness (QED) is 0.829. The van der Waals surface area contributed by atoms with Crippen LogP contribution in [0.3, 0.4) is 0 Å². The second kappa shape index (κ2) is 7.99. The molecule has 1 aromatic carbocycles. The molecule has 1 saturated heterocycles. The number of carbonyl (C=O) groups excluding carboxylic acids is 2. The first-order valence-corrected chi connectivity index (χ1v) is 9.11. The average molecular weight is 402 g/mol. The first-order valence-electron chi connectivity index (χ1n) is 9.11. The Hall–Kier alpha value is -3.28. The number of hydrogen-bond donors (Lipinski definition) is 1. The Morgan fingerprint density at radius 2 is 2.17 bits per heavy atom. The van der Waals surface area contributed by atoms with Crippen molar-refractivity contribution >= 4 is 22.7 Å². The lowest BCUT2D eigenvalue weighted by Crippen LogP contribution is -2.43. The molecule has 0 bridgehead atoms. The number of alkyl halides is 2. The Kier molecular flexibility index (Phi) is 5.64. The fraction of sp³-hybridized carbons (Fsp3) is 0.400. The van der Waals surface area contributed by atoms with E-state index in [2.05, 4.69) is 10.3 Å². The van der Waals surface area contributed by atoms with Crippen LogP contribution < -0.4 is 10.1 Å². The number of pyridine rings is 1. The monoisotopic (exact) mass is 402 g/mol. The molecule has 1 fully saturated rings. The van der Waals surface area contributed by atoms with E-state index in [-0.39, 0.29) is 11.7 Å². The number of amides is 2. The SMILES string of the molecule is CC(C)Oc1ccc2nccc(C(=O)NCC(=O)N3CC(F)(F)C[C@H]3C#N)c2c1. The predicted molar refractivity (Wildman–Crippen MR) is 101 cm³/mol. The summed E-state index contributed by atoms with van der Waals surface area (Å²) in [7, 11) is 0. The van der Waals surface area contributed by atoms with Crippen LogP contribution >= 0.6 is 0 Å². The molecule has 29 heavy (non-hydrogen) atoms. The summed E-state index contributed by atoms with van der Waals surface area (Å²) >= 11 is 0. The van der Waals surface area contributed by atoms with Gasteiger partial charge in [-0.05, 0) is 38.1 Å². The van der Waals surface area contributed by atoms with Gasteiger partial charge in [-0.2, -0.15) is 5.26 Å². The van der Waals surface area contributed by atoms with Crippen LogP contribution in [0, 0.1) is 11.3 Å². The van der Waals surface area contributed by atoms with Crippen LogP contribution in [0.25, 0.3) is 10.9 Å². The number of carbonyl (C=O) groups is 2. The molecule has 0 saturated carbocycles. The van der Waals surface area contributed by atoms with Crippen LogP contribution in [0.4, 0.5) is 8.78 Å². The van der Waals surface area contributed by atoms with Crippen molar-refractivity contribution in [1.29, 1.82) is 5.26 Å². The summed E-state index contributed by atoms with van der Waals surface area (Å²) in [5.41, 5.74) is 0.851. The fourth-order valence-electron chi connectivity index (χ4n) is 3.22. The zero-order chi connectivity index (χ0) is 21.2. The van der Waals surface area contributed by atoms with Gasteiger partial charge in [-0.1, -0.05) is 0 Å². The highest BCUT2D eigenvalue weighted by Gasteiger charge is 2.47. The maximum absolute atomic E-state index is 13.5. The minimum absolute atomic E-state index is 0.0503. The zero-order valence-electron chi connectivity index (χ0n) is 16.0. The smallest absolute Gasteiger partial charge is 0.268 e. The number of likely N-dealkylation sites (tertiary alicyclic amines) is 1. The number of nitrogens with zero attached hydrogens (tertiary/aromatic N) is 3. The van der Waals surface area contributed by atoms with Crippen LogP contribution in [0.1, 0.15) is 30.6 Å². The maximum atomic E-state index is 13.5. The van der Waals surface area contributed by atoms with E-state index in [0.717, 1.165) is 4.90 Å². The third-order valence-corrected chi connectivity index (χ3v) is 4.47. The van der Waals surface area contributed by atoms with Gasteiger partial charge in [0.05, 0.1) is 36.3 Å². The van der Waals surface area contributed by atoms with Crippen molar-refractivity contribution in [2.24, 2.45) is 0 Å². The summed E-state index contributed by atoms with van der Waals surface area (Å²) in [5, 5.41) is 12.0. The lowest BCUT2D eigenvalue weighted by atomic mass is 10.1. The first kappa shape index (κ1) is 20.5. The number of rotatable bonds is 5. The van der Waals surface area contributed by atoms with Crippen molar-refractivity contribution in [3.8, 4) is 11.8 Å². The van der Waals surface area contributed by atoms with Crippen molar-refractivity contribution in [2.75, 3.05) is 13.1 Å². The third kappa shape index (κ3) is 4.59. The van der Waals surface area contributed by atoms with E-state index >= 15 is 0 Å². The number of benzene rings is 1.